The predicted molar refractivity (Wildman–Crippen MR) is 105 cm³/mol. The van der Waals surface area contributed by atoms with Crippen molar-refractivity contribution >= 4 is 23.4 Å². The summed E-state index contributed by atoms with van der Waals surface area (Å²) in [5.74, 6) is 0.611. The third-order valence-electron chi connectivity index (χ3n) is 4.71. The van der Waals surface area contributed by atoms with Gasteiger partial charge in [0, 0.05) is 18.9 Å². The number of hydrogen-bond donors (Lipinski definition) is 3. The molecule has 1 fully saturated rings. The van der Waals surface area contributed by atoms with Crippen LogP contribution < -0.4 is 10.6 Å². The fraction of sp³-hybridized carbons (Fsp3) is 0.0952. The normalized spacial score (nSPS) is 19.1. The highest BCUT2D eigenvalue weighted by atomic mass is 16.2. The predicted octanol–water partition coefficient (Wildman–Crippen LogP) is 3.07. The average molecular weight is 357 g/mol. The molecule has 2 aromatic carbocycles. The molecular formula is C21H19N5O. The first-order valence-electron chi connectivity index (χ1n) is 8.60. The summed E-state index contributed by atoms with van der Waals surface area (Å²) in [7, 11) is 1.61. The molecule has 6 heteroatoms. The van der Waals surface area contributed by atoms with E-state index in [1.54, 1.807) is 13.2 Å². The van der Waals surface area contributed by atoms with E-state index in [0.29, 0.717) is 0 Å². The van der Waals surface area contributed by atoms with Gasteiger partial charge in [0.2, 0.25) is 0 Å². The molecule has 1 unspecified atom stereocenters. The molecule has 0 saturated carbocycles. The van der Waals surface area contributed by atoms with Crippen LogP contribution in [-0.2, 0) is 10.3 Å². The van der Waals surface area contributed by atoms with E-state index in [-0.39, 0.29) is 11.9 Å². The molecular weight excluding hydrogens is 338 g/mol. The molecule has 1 amide bonds. The van der Waals surface area contributed by atoms with Gasteiger partial charge < -0.3 is 10.6 Å². The summed E-state index contributed by atoms with van der Waals surface area (Å²) in [6.07, 6.45) is 1.72. The number of nitrogens with one attached hydrogen (secondary N) is 3. The van der Waals surface area contributed by atoms with Crippen molar-refractivity contribution in [2.75, 3.05) is 12.4 Å². The highest BCUT2D eigenvalue weighted by molar-refractivity contribution is 6.10. The Hall–Kier alpha value is -3.67. The molecule has 134 valence electrons. The van der Waals surface area contributed by atoms with E-state index in [9.17, 15) is 4.79 Å². The number of pyridine rings is 1. The maximum absolute atomic E-state index is 13.2. The van der Waals surface area contributed by atoms with Gasteiger partial charge in [0.1, 0.15) is 5.82 Å². The van der Waals surface area contributed by atoms with Gasteiger partial charge in [0.05, 0.1) is 0 Å². The Labute approximate surface area is 157 Å². The highest BCUT2D eigenvalue weighted by Gasteiger charge is 2.50. The van der Waals surface area contributed by atoms with E-state index in [4.69, 9.17) is 5.41 Å². The zero-order valence-electron chi connectivity index (χ0n) is 14.8. The second-order valence-corrected chi connectivity index (χ2v) is 6.37. The summed E-state index contributed by atoms with van der Waals surface area (Å²) in [5.41, 5.74) is 1.24. The van der Waals surface area contributed by atoms with Gasteiger partial charge in [-0.2, -0.15) is 0 Å². The Kier molecular flexibility index (Phi) is 4.08. The summed E-state index contributed by atoms with van der Waals surface area (Å²) < 4.78 is 0. The van der Waals surface area contributed by atoms with Gasteiger partial charge in [-0.25, -0.2) is 4.98 Å². The SMILES string of the molecule is CN1C(=N)NC(c2ccccc2)(c2cccc(Nc3ccccn3)c2)C1=O. The van der Waals surface area contributed by atoms with Crippen LogP contribution in [0.4, 0.5) is 11.5 Å². The number of anilines is 2. The third kappa shape index (κ3) is 2.81. The van der Waals surface area contributed by atoms with Gasteiger partial charge in [-0.05, 0) is 35.4 Å². The number of rotatable bonds is 4. The van der Waals surface area contributed by atoms with E-state index < -0.39 is 5.54 Å². The summed E-state index contributed by atoms with van der Waals surface area (Å²) in [4.78, 5) is 18.8. The first kappa shape index (κ1) is 16.8. The zero-order chi connectivity index (χ0) is 18.9. The lowest BCUT2D eigenvalue weighted by atomic mass is 9.82. The number of nitrogens with zero attached hydrogens (tertiary/aromatic N) is 2. The Morgan fingerprint density at radius 1 is 1.00 bits per heavy atom. The van der Waals surface area contributed by atoms with E-state index in [2.05, 4.69) is 15.6 Å². The Morgan fingerprint density at radius 2 is 1.74 bits per heavy atom. The number of carbonyl (C=O) groups is 1. The molecule has 27 heavy (non-hydrogen) atoms. The molecule has 1 atom stereocenters. The molecule has 2 heterocycles. The van der Waals surface area contributed by atoms with Gasteiger partial charge in [0.15, 0.2) is 11.5 Å². The van der Waals surface area contributed by atoms with Crippen LogP contribution in [0.5, 0.6) is 0 Å². The molecule has 1 aliphatic heterocycles. The molecule has 0 radical (unpaired) electrons. The molecule has 3 aromatic rings. The minimum absolute atomic E-state index is 0.0759. The van der Waals surface area contributed by atoms with Crippen LogP contribution in [0.3, 0.4) is 0 Å². The number of guanidine groups is 1. The number of hydrogen-bond acceptors (Lipinski definition) is 4. The van der Waals surface area contributed by atoms with Crippen molar-refractivity contribution in [1.29, 1.82) is 5.41 Å². The maximum Gasteiger partial charge on any atom is 0.264 e. The Balaban J connectivity index is 1.81. The van der Waals surface area contributed by atoms with Gasteiger partial charge >= 0.3 is 0 Å². The molecule has 0 bridgehead atoms. The second kappa shape index (κ2) is 6.57. The number of benzene rings is 2. The van der Waals surface area contributed by atoms with Crippen LogP contribution >= 0.6 is 0 Å². The van der Waals surface area contributed by atoms with Crippen molar-refractivity contribution in [1.82, 2.24) is 15.2 Å². The van der Waals surface area contributed by atoms with Crippen molar-refractivity contribution in [3.63, 3.8) is 0 Å². The van der Waals surface area contributed by atoms with Crippen molar-refractivity contribution in [3.05, 3.63) is 90.1 Å². The quantitative estimate of drug-likeness (QED) is 0.670. The monoisotopic (exact) mass is 357 g/mol. The van der Waals surface area contributed by atoms with Crippen molar-refractivity contribution in [3.8, 4) is 0 Å². The molecule has 0 spiro atoms. The van der Waals surface area contributed by atoms with Crippen LogP contribution in [-0.4, -0.2) is 28.8 Å². The molecule has 1 aliphatic rings. The fourth-order valence-corrected chi connectivity index (χ4v) is 3.33. The van der Waals surface area contributed by atoms with Gasteiger partial charge in [-0.15, -0.1) is 0 Å². The number of likely N-dealkylation sites (N-methyl/N-ethyl adjacent to an activating group) is 1. The standard InChI is InChI=1S/C21H19N5O/c1-26-19(27)21(25-20(26)22,15-8-3-2-4-9-15)16-10-7-11-17(14-16)24-18-12-5-6-13-23-18/h2-14H,1H3,(H2,22,25)(H,23,24). The topological polar surface area (TPSA) is 81.1 Å². The third-order valence-corrected chi connectivity index (χ3v) is 4.71. The Morgan fingerprint density at radius 3 is 2.41 bits per heavy atom. The van der Waals surface area contributed by atoms with Gasteiger partial charge in [-0.3, -0.25) is 15.1 Å². The van der Waals surface area contributed by atoms with Crippen LogP contribution in [0.25, 0.3) is 0 Å². The zero-order valence-corrected chi connectivity index (χ0v) is 14.8. The van der Waals surface area contributed by atoms with E-state index >= 15 is 0 Å². The van der Waals surface area contributed by atoms with Crippen LogP contribution in [0, 0.1) is 5.41 Å². The summed E-state index contributed by atoms with van der Waals surface area (Å²) in [5, 5.41) is 14.5. The van der Waals surface area contributed by atoms with Crippen molar-refractivity contribution in [2.24, 2.45) is 0 Å². The van der Waals surface area contributed by atoms with Crippen molar-refractivity contribution in [2.45, 2.75) is 5.54 Å². The highest BCUT2D eigenvalue weighted by Crippen LogP contribution is 2.36. The molecule has 4 rings (SSSR count). The van der Waals surface area contributed by atoms with Gasteiger partial charge in [-0.1, -0.05) is 48.5 Å². The summed E-state index contributed by atoms with van der Waals surface area (Å²) in [6, 6.07) is 22.8. The number of carbonyl (C=O) groups excluding carboxylic acids is 1. The maximum atomic E-state index is 13.2. The molecule has 1 saturated heterocycles. The average Bonchev–Trinajstić information content (AvgIpc) is 2.95. The fourth-order valence-electron chi connectivity index (χ4n) is 3.33. The summed E-state index contributed by atoms with van der Waals surface area (Å²) >= 11 is 0. The van der Waals surface area contributed by atoms with Crippen LogP contribution in [0.2, 0.25) is 0 Å². The van der Waals surface area contributed by atoms with E-state index in [0.717, 1.165) is 22.6 Å². The second-order valence-electron chi connectivity index (χ2n) is 6.37. The van der Waals surface area contributed by atoms with Crippen molar-refractivity contribution < 1.29 is 4.79 Å². The molecule has 3 N–H and O–H groups in total. The van der Waals surface area contributed by atoms with Gasteiger partial charge in [0.25, 0.3) is 5.91 Å². The Bertz CT molecular complexity index is 990. The molecule has 0 aliphatic carbocycles. The molecule has 6 nitrogen and oxygen atoms in total. The number of aromatic nitrogens is 1. The lowest BCUT2D eigenvalue weighted by Crippen LogP contribution is -2.45. The molecule has 1 aromatic heterocycles. The first-order chi connectivity index (χ1) is 13.1. The number of amides is 1. The summed E-state index contributed by atoms with van der Waals surface area (Å²) in [6.45, 7) is 0. The lowest BCUT2D eigenvalue weighted by molar-refractivity contribution is -0.129. The first-order valence-corrected chi connectivity index (χ1v) is 8.60. The van der Waals surface area contributed by atoms with E-state index in [1.807, 2.05) is 72.8 Å². The van der Waals surface area contributed by atoms with Crippen LogP contribution in [0.15, 0.2) is 79.0 Å². The van der Waals surface area contributed by atoms with E-state index in [1.165, 1.54) is 4.90 Å². The van der Waals surface area contributed by atoms with Crippen LogP contribution in [0.1, 0.15) is 11.1 Å². The smallest absolute Gasteiger partial charge is 0.264 e. The minimum atomic E-state index is -1.13. The minimum Gasteiger partial charge on any atom is -0.340 e. The lowest BCUT2D eigenvalue weighted by Gasteiger charge is -2.28. The largest absolute Gasteiger partial charge is 0.340 e.